The van der Waals surface area contributed by atoms with E-state index in [-0.39, 0.29) is 40.4 Å². The van der Waals surface area contributed by atoms with Crippen LogP contribution in [0, 0.1) is 12.8 Å². The highest BCUT2D eigenvalue weighted by Crippen LogP contribution is 2.31. The maximum absolute atomic E-state index is 12.3. The van der Waals surface area contributed by atoms with Crippen molar-refractivity contribution in [2.24, 2.45) is 16.0 Å². The van der Waals surface area contributed by atoms with Gasteiger partial charge in [0.05, 0.1) is 16.9 Å². The molecule has 2 aromatic rings. The fourth-order valence-electron chi connectivity index (χ4n) is 2.83. The van der Waals surface area contributed by atoms with E-state index in [0.29, 0.717) is 5.76 Å². The smallest absolute Gasteiger partial charge is 0.257 e. The molecule has 2 rings (SSSR count). The van der Waals surface area contributed by atoms with E-state index in [4.69, 9.17) is 9.56 Å². The second kappa shape index (κ2) is 10.3. The van der Waals surface area contributed by atoms with Crippen molar-refractivity contribution in [3.63, 3.8) is 0 Å². The Hall–Kier alpha value is -3.11. The van der Waals surface area contributed by atoms with Crippen molar-refractivity contribution in [3.05, 3.63) is 59.7 Å². The summed E-state index contributed by atoms with van der Waals surface area (Å²) in [6.07, 6.45) is 0. The highest BCUT2D eigenvalue weighted by atomic mass is 32.2. The number of aryl methyl sites for hydroxylation is 1. The minimum atomic E-state index is -1.91. The lowest BCUT2D eigenvalue weighted by molar-refractivity contribution is 0.0824. The Labute approximate surface area is 184 Å². The zero-order valence-corrected chi connectivity index (χ0v) is 19.1. The van der Waals surface area contributed by atoms with Crippen LogP contribution in [-0.4, -0.2) is 40.1 Å². The fourth-order valence-corrected chi connectivity index (χ4v) is 3.20. The van der Waals surface area contributed by atoms with E-state index >= 15 is 0 Å². The van der Waals surface area contributed by atoms with Crippen LogP contribution >= 0.6 is 0 Å². The highest BCUT2D eigenvalue weighted by molar-refractivity contribution is 7.81. The number of phenols is 1. The average Bonchev–Trinajstić information content (AvgIpc) is 3.11. The summed E-state index contributed by atoms with van der Waals surface area (Å²) in [7, 11) is 3.18. The number of hydrogen-bond donors (Lipinski definition) is 4. The number of hydrogen-bond acceptors (Lipinski definition) is 6. The molecule has 0 aliphatic heterocycles. The van der Waals surface area contributed by atoms with Gasteiger partial charge in [-0.1, -0.05) is 26.5 Å². The zero-order chi connectivity index (χ0) is 23.3. The molecule has 9 nitrogen and oxygen atoms in total. The van der Waals surface area contributed by atoms with Crippen LogP contribution < -0.4 is 15.2 Å². The first-order valence-electron chi connectivity index (χ1n) is 9.58. The van der Waals surface area contributed by atoms with Crippen LogP contribution in [0.5, 0.6) is 5.75 Å². The Morgan fingerprint density at radius 3 is 2.48 bits per heavy atom. The number of furan rings is 1. The molecule has 0 saturated heterocycles. The molecule has 10 heteroatoms. The van der Waals surface area contributed by atoms with Gasteiger partial charge in [0.15, 0.2) is 22.8 Å². The summed E-state index contributed by atoms with van der Waals surface area (Å²) >= 11 is -1.91. The standard InChI is InChI=1S/C21H29N5O4S/c1-12(2)18(17-11-10-13(3)30-17)24-20(25-31(22)29)14(4)23-16-9-7-8-15(19(16)27)21(28)26(5)6/h7-12,18,23,27H,4,22H2,1-3,5-6H3,(H,24,25)/t18-,31?/m1/s1. The molecule has 0 radical (unpaired) electrons. The van der Waals surface area contributed by atoms with E-state index in [1.807, 2.05) is 32.9 Å². The number of amides is 1. The van der Waals surface area contributed by atoms with Crippen LogP contribution in [0.3, 0.4) is 0 Å². The van der Waals surface area contributed by atoms with Gasteiger partial charge in [0.2, 0.25) is 0 Å². The van der Waals surface area contributed by atoms with Gasteiger partial charge in [-0.3, -0.25) is 14.5 Å². The Morgan fingerprint density at radius 2 is 1.97 bits per heavy atom. The van der Waals surface area contributed by atoms with Gasteiger partial charge in [0.25, 0.3) is 5.91 Å². The number of carbonyl (C=O) groups excluding carboxylic acids is 1. The number of nitrogens with one attached hydrogen (secondary N) is 2. The number of rotatable bonds is 8. The Balaban J connectivity index is 2.40. The molecule has 0 aliphatic rings. The molecular weight excluding hydrogens is 418 g/mol. The van der Waals surface area contributed by atoms with E-state index in [9.17, 15) is 14.1 Å². The summed E-state index contributed by atoms with van der Waals surface area (Å²) in [4.78, 5) is 18.3. The molecule has 1 unspecified atom stereocenters. The molecule has 0 fully saturated rings. The van der Waals surface area contributed by atoms with E-state index in [2.05, 4.69) is 21.6 Å². The summed E-state index contributed by atoms with van der Waals surface area (Å²) in [5, 5.41) is 18.9. The second-order valence-corrected chi connectivity index (χ2v) is 8.32. The average molecular weight is 448 g/mol. The lowest BCUT2D eigenvalue weighted by Crippen LogP contribution is -2.34. The maximum atomic E-state index is 12.3. The van der Waals surface area contributed by atoms with E-state index < -0.39 is 17.2 Å². The number of anilines is 1. The minimum Gasteiger partial charge on any atom is -0.505 e. The Kier molecular flexibility index (Phi) is 8.01. The van der Waals surface area contributed by atoms with Gasteiger partial charge in [0.1, 0.15) is 17.6 Å². The van der Waals surface area contributed by atoms with Crippen molar-refractivity contribution < 1.29 is 18.5 Å². The minimum absolute atomic E-state index is 0.0517. The third-order valence-corrected chi connectivity index (χ3v) is 4.79. The molecule has 1 aromatic heterocycles. The SMILES string of the molecule is C=C(Nc1cccc(C(=O)N(C)C)c1O)C(=N[C@@H](c1ccc(C)o1)C(C)C)NS(N)=O. The van der Waals surface area contributed by atoms with Crippen molar-refractivity contribution in [3.8, 4) is 5.75 Å². The van der Waals surface area contributed by atoms with Gasteiger partial charge in [-0.2, -0.15) is 0 Å². The molecule has 5 N–H and O–H groups in total. The first-order chi connectivity index (χ1) is 14.5. The van der Waals surface area contributed by atoms with Gasteiger partial charge in [-0.05, 0) is 37.1 Å². The second-order valence-electron chi connectivity index (χ2n) is 7.52. The van der Waals surface area contributed by atoms with Crippen molar-refractivity contribution in [1.29, 1.82) is 0 Å². The number of carbonyl (C=O) groups is 1. The predicted octanol–water partition coefficient (Wildman–Crippen LogP) is 2.84. The summed E-state index contributed by atoms with van der Waals surface area (Å²) in [6, 6.07) is 8.00. The zero-order valence-electron chi connectivity index (χ0n) is 18.3. The summed E-state index contributed by atoms with van der Waals surface area (Å²) < 4.78 is 20.0. The molecule has 31 heavy (non-hydrogen) atoms. The van der Waals surface area contributed by atoms with Gasteiger partial charge in [-0.15, -0.1) is 0 Å². The third-order valence-electron chi connectivity index (χ3n) is 4.39. The first kappa shape index (κ1) is 24.2. The van der Waals surface area contributed by atoms with Crippen LogP contribution in [0.1, 0.15) is 41.8 Å². The van der Waals surface area contributed by atoms with Crippen LogP contribution in [0.4, 0.5) is 5.69 Å². The predicted molar refractivity (Wildman–Crippen MR) is 123 cm³/mol. The third kappa shape index (κ3) is 6.19. The first-order valence-corrected chi connectivity index (χ1v) is 10.8. The van der Waals surface area contributed by atoms with Crippen molar-refractivity contribution >= 4 is 28.6 Å². The molecule has 0 spiro atoms. The van der Waals surface area contributed by atoms with Crippen LogP contribution in [0.15, 0.2) is 52.0 Å². The summed E-state index contributed by atoms with van der Waals surface area (Å²) in [5.74, 6) is 0.988. The molecule has 0 saturated carbocycles. The number of benzene rings is 1. The number of nitrogens with two attached hydrogens (primary N) is 1. The molecule has 168 valence electrons. The van der Waals surface area contributed by atoms with Gasteiger partial charge in [-0.25, -0.2) is 9.35 Å². The van der Waals surface area contributed by atoms with Gasteiger partial charge < -0.3 is 19.7 Å². The van der Waals surface area contributed by atoms with Crippen molar-refractivity contribution in [2.75, 3.05) is 19.4 Å². The molecular formula is C21H29N5O4S. The monoisotopic (exact) mass is 447 g/mol. The number of aromatic hydroxyl groups is 1. The number of para-hydroxylation sites is 1. The normalized spacial score (nSPS) is 13.6. The van der Waals surface area contributed by atoms with Crippen LogP contribution in [-0.2, 0) is 11.2 Å². The molecule has 1 aromatic carbocycles. The van der Waals surface area contributed by atoms with Crippen molar-refractivity contribution in [2.45, 2.75) is 26.8 Å². The number of phenolic OH excluding ortho intramolecular Hbond substituents is 1. The van der Waals surface area contributed by atoms with Crippen LogP contribution in [0.2, 0.25) is 0 Å². The number of nitrogens with zero attached hydrogens (tertiary/aromatic N) is 2. The number of aliphatic imine (C=N–C) groups is 1. The van der Waals surface area contributed by atoms with Gasteiger partial charge in [0, 0.05) is 14.1 Å². The van der Waals surface area contributed by atoms with Gasteiger partial charge >= 0.3 is 0 Å². The molecule has 0 bridgehead atoms. The lowest BCUT2D eigenvalue weighted by Gasteiger charge is -2.20. The van der Waals surface area contributed by atoms with E-state index in [1.54, 1.807) is 26.2 Å². The highest BCUT2D eigenvalue weighted by Gasteiger charge is 2.22. The lowest BCUT2D eigenvalue weighted by atomic mass is 10.0. The largest absolute Gasteiger partial charge is 0.505 e. The number of amidine groups is 1. The summed E-state index contributed by atoms with van der Waals surface area (Å²) in [6.45, 7) is 9.72. The molecule has 1 amide bonds. The Morgan fingerprint density at radius 1 is 1.29 bits per heavy atom. The molecule has 2 atom stereocenters. The molecule has 0 aliphatic carbocycles. The molecule has 1 heterocycles. The quantitative estimate of drug-likeness (QED) is 0.281. The maximum Gasteiger partial charge on any atom is 0.257 e. The van der Waals surface area contributed by atoms with E-state index in [1.165, 1.54) is 11.0 Å². The Bertz CT molecular complexity index is 1010. The fraction of sp³-hybridized carbons (Fsp3) is 0.333. The van der Waals surface area contributed by atoms with E-state index in [0.717, 1.165) is 5.76 Å². The van der Waals surface area contributed by atoms with Crippen molar-refractivity contribution in [1.82, 2.24) is 9.62 Å². The topological polar surface area (TPSA) is 133 Å². The van der Waals surface area contributed by atoms with Crippen LogP contribution in [0.25, 0.3) is 0 Å². The summed E-state index contributed by atoms with van der Waals surface area (Å²) in [5.41, 5.74) is 0.574.